The average Bonchev–Trinajstić information content (AvgIpc) is 2.46. The fraction of sp³-hybridized carbons (Fsp3) is 0.571. The lowest BCUT2D eigenvalue weighted by Crippen LogP contribution is -2.51. The number of nitrogens with zero attached hydrogens (tertiary/aromatic N) is 3. The highest BCUT2D eigenvalue weighted by Crippen LogP contribution is 2.13. The Kier molecular flexibility index (Phi) is 4.47. The van der Waals surface area contributed by atoms with Crippen molar-refractivity contribution in [3.05, 3.63) is 29.8 Å². The number of hydrogen-bond donors (Lipinski definition) is 0. The highest BCUT2D eigenvalue weighted by atomic mass is 19.1. The average molecular weight is 265 g/mol. The van der Waals surface area contributed by atoms with Crippen LogP contribution >= 0.6 is 0 Å². The molecule has 1 amide bonds. The summed E-state index contributed by atoms with van der Waals surface area (Å²) in [6.07, 6.45) is 3.64. The van der Waals surface area contributed by atoms with E-state index < -0.39 is 5.82 Å². The minimum Gasteiger partial charge on any atom is -0.336 e. The fourth-order valence-corrected chi connectivity index (χ4v) is 2.34. The minimum absolute atomic E-state index is 0.118. The highest BCUT2D eigenvalue weighted by molar-refractivity contribution is 5.94. The van der Waals surface area contributed by atoms with Crippen molar-refractivity contribution in [1.82, 2.24) is 14.8 Å². The Morgan fingerprint density at radius 1 is 1.42 bits per heavy atom. The molecule has 0 aromatic carbocycles. The van der Waals surface area contributed by atoms with E-state index in [1.54, 1.807) is 4.90 Å². The monoisotopic (exact) mass is 265 g/mol. The van der Waals surface area contributed by atoms with Gasteiger partial charge in [0.1, 0.15) is 0 Å². The molecule has 1 saturated heterocycles. The molecule has 104 valence electrons. The van der Waals surface area contributed by atoms with E-state index in [1.807, 2.05) is 0 Å². The summed E-state index contributed by atoms with van der Waals surface area (Å²) in [6, 6.07) is 1.98. The summed E-state index contributed by atoms with van der Waals surface area (Å²) >= 11 is 0. The third-order valence-corrected chi connectivity index (χ3v) is 3.82. The Morgan fingerprint density at radius 2 is 2.11 bits per heavy atom. The van der Waals surface area contributed by atoms with Crippen molar-refractivity contribution in [3.63, 3.8) is 0 Å². The largest absolute Gasteiger partial charge is 0.336 e. The second kappa shape index (κ2) is 6.10. The molecule has 1 aromatic rings. The summed E-state index contributed by atoms with van der Waals surface area (Å²) < 4.78 is 13.5. The molecule has 1 aliphatic heterocycles. The van der Waals surface area contributed by atoms with Crippen molar-refractivity contribution >= 4 is 5.91 Å². The maximum Gasteiger partial charge on any atom is 0.257 e. The maximum absolute atomic E-state index is 13.5. The number of halogens is 1. The highest BCUT2D eigenvalue weighted by Gasteiger charge is 2.25. The summed E-state index contributed by atoms with van der Waals surface area (Å²) in [5.41, 5.74) is 0.118. The molecular formula is C14H20FN3O. The lowest BCUT2D eigenvalue weighted by atomic mass is 10.1. The van der Waals surface area contributed by atoms with Crippen LogP contribution in [-0.4, -0.2) is 52.9 Å². The van der Waals surface area contributed by atoms with Crippen molar-refractivity contribution in [2.75, 3.05) is 26.2 Å². The number of amides is 1. The molecule has 1 atom stereocenters. The van der Waals surface area contributed by atoms with Gasteiger partial charge in [-0.05, 0) is 19.4 Å². The molecule has 0 N–H and O–H groups in total. The quantitative estimate of drug-likeness (QED) is 0.836. The van der Waals surface area contributed by atoms with Crippen LogP contribution in [0.3, 0.4) is 0 Å². The van der Waals surface area contributed by atoms with Crippen LogP contribution in [-0.2, 0) is 0 Å². The number of pyridine rings is 1. The Bertz CT molecular complexity index is 444. The molecule has 0 spiro atoms. The predicted octanol–water partition coefficient (Wildman–Crippen LogP) is 1.78. The summed E-state index contributed by atoms with van der Waals surface area (Å²) in [4.78, 5) is 20.0. The van der Waals surface area contributed by atoms with Crippen molar-refractivity contribution in [2.24, 2.45) is 0 Å². The zero-order chi connectivity index (χ0) is 13.8. The Hall–Kier alpha value is -1.49. The van der Waals surface area contributed by atoms with E-state index in [9.17, 15) is 9.18 Å². The zero-order valence-electron chi connectivity index (χ0n) is 11.5. The summed E-state index contributed by atoms with van der Waals surface area (Å²) in [5.74, 6) is -0.777. The maximum atomic E-state index is 13.5. The summed E-state index contributed by atoms with van der Waals surface area (Å²) in [5, 5.41) is 0. The molecule has 1 unspecified atom stereocenters. The first-order chi connectivity index (χ1) is 9.13. The summed E-state index contributed by atoms with van der Waals surface area (Å²) in [7, 11) is 0. The molecule has 0 bridgehead atoms. The number of carbonyl (C=O) groups excluding carboxylic acids is 1. The van der Waals surface area contributed by atoms with Gasteiger partial charge in [-0.25, -0.2) is 4.39 Å². The normalized spacial score (nSPS) is 18.4. The third-order valence-electron chi connectivity index (χ3n) is 3.82. The van der Waals surface area contributed by atoms with Gasteiger partial charge in [0.15, 0.2) is 5.82 Å². The first kappa shape index (κ1) is 13.9. The van der Waals surface area contributed by atoms with Crippen molar-refractivity contribution < 1.29 is 9.18 Å². The van der Waals surface area contributed by atoms with Crippen LogP contribution in [0.4, 0.5) is 4.39 Å². The first-order valence-electron chi connectivity index (χ1n) is 6.76. The van der Waals surface area contributed by atoms with Gasteiger partial charge in [0.25, 0.3) is 5.91 Å². The molecule has 0 aliphatic carbocycles. The van der Waals surface area contributed by atoms with E-state index in [1.165, 1.54) is 12.3 Å². The number of piperazine rings is 1. The molecule has 0 radical (unpaired) electrons. The lowest BCUT2D eigenvalue weighted by molar-refractivity contribution is 0.0575. The molecule has 1 aliphatic rings. The Balaban J connectivity index is 1.98. The van der Waals surface area contributed by atoms with Crippen molar-refractivity contribution in [1.29, 1.82) is 0 Å². The van der Waals surface area contributed by atoms with E-state index >= 15 is 0 Å². The summed E-state index contributed by atoms with van der Waals surface area (Å²) in [6.45, 7) is 7.38. The predicted molar refractivity (Wildman–Crippen MR) is 71.4 cm³/mol. The van der Waals surface area contributed by atoms with Gasteiger partial charge in [-0.1, -0.05) is 6.92 Å². The fourth-order valence-electron chi connectivity index (χ4n) is 2.34. The van der Waals surface area contributed by atoms with Crippen LogP contribution in [0.2, 0.25) is 0 Å². The molecule has 1 fully saturated rings. The number of aromatic nitrogens is 1. The lowest BCUT2D eigenvalue weighted by Gasteiger charge is -2.37. The van der Waals surface area contributed by atoms with Crippen LogP contribution in [0, 0.1) is 5.82 Å². The number of hydrogen-bond acceptors (Lipinski definition) is 3. The number of rotatable bonds is 3. The van der Waals surface area contributed by atoms with Crippen molar-refractivity contribution in [3.8, 4) is 0 Å². The van der Waals surface area contributed by atoms with Gasteiger partial charge in [-0.3, -0.25) is 14.7 Å². The molecule has 2 rings (SSSR count). The van der Waals surface area contributed by atoms with Gasteiger partial charge < -0.3 is 4.90 Å². The zero-order valence-corrected chi connectivity index (χ0v) is 11.5. The van der Waals surface area contributed by atoms with Gasteiger partial charge in [0.05, 0.1) is 11.8 Å². The van der Waals surface area contributed by atoms with Gasteiger partial charge in [0, 0.05) is 38.4 Å². The molecule has 4 nitrogen and oxygen atoms in total. The number of carbonyl (C=O) groups is 1. The molecule has 2 heterocycles. The second-order valence-electron chi connectivity index (χ2n) is 4.94. The van der Waals surface area contributed by atoms with Crippen LogP contribution in [0.15, 0.2) is 18.5 Å². The molecular weight excluding hydrogens is 245 g/mol. The Labute approximate surface area is 113 Å². The van der Waals surface area contributed by atoms with Gasteiger partial charge >= 0.3 is 0 Å². The smallest absolute Gasteiger partial charge is 0.257 e. The van der Waals surface area contributed by atoms with Gasteiger partial charge in [-0.2, -0.15) is 0 Å². The van der Waals surface area contributed by atoms with E-state index in [0.717, 1.165) is 25.7 Å². The molecule has 5 heteroatoms. The topological polar surface area (TPSA) is 36.4 Å². The standard InChI is InChI=1S/C14H20FN3O/c1-3-11(2)17-6-8-18(9-7-17)14(19)12-4-5-16-10-13(12)15/h4-5,10-11H,3,6-9H2,1-2H3. The SMILES string of the molecule is CCC(C)N1CCN(C(=O)c2ccncc2F)CC1. The second-order valence-corrected chi connectivity index (χ2v) is 4.94. The van der Waals surface area contributed by atoms with E-state index in [2.05, 4.69) is 23.7 Å². The molecule has 1 aromatic heterocycles. The van der Waals surface area contributed by atoms with Crippen LogP contribution in [0.25, 0.3) is 0 Å². The molecule has 0 saturated carbocycles. The van der Waals surface area contributed by atoms with Gasteiger partial charge in [0.2, 0.25) is 0 Å². The van der Waals surface area contributed by atoms with E-state index in [-0.39, 0.29) is 11.5 Å². The van der Waals surface area contributed by atoms with Gasteiger partial charge in [-0.15, -0.1) is 0 Å². The van der Waals surface area contributed by atoms with Crippen molar-refractivity contribution in [2.45, 2.75) is 26.3 Å². The third kappa shape index (κ3) is 3.10. The van der Waals surface area contributed by atoms with Crippen LogP contribution in [0.5, 0.6) is 0 Å². The van der Waals surface area contributed by atoms with E-state index in [0.29, 0.717) is 19.1 Å². The molecule has 19 heavy (non-hydrogen) atoms. The van der Waals surface area contributed by atoms with E-state index in [4.69, 9.17) is 0 Å². The first-order valence-corrected chi connectivity index (χ1v) is 6.76. The van der Waals surface area contributed by atoms with Crippen LogP contribution in [0.1, 0.15) is 30.6 Å². The minimum atomic E-state index is -0.545. The van der Waals surface area contributed by atoms with Crippen LogP contribution < -0.4 is 0 Å². The Morgan fingerprint density at radius 3 is 2.68 bits per heavy atom.